The SMILES string of the molecule is COC(C(=O)N1CCCN(c2ccc(C)nn2)CC1)c1ccccc1. The highest BCUT2D eigenvalue weighted by Crippen LogP contribution is 2.21. The van der Waals surface area contributed by atoms with Gasteiger partial charge in [-0.15, -0.1) is 5.10 Å². The average Bonchev–Trinajstić information content (AvgIpc) is 2.90. The van der Waals surface area contributed by atoms with E-state index in [1.807, 2.05) is 54.3 Å². The van der Waals surface area contributed by atoms with Gasteiger partial charge in [0, 0.05) is 33.3 Å². The second-order valence-corrected chi connectivity index (χ2v) is 6.23. The predicted molar refractivity (Wildman–Crippen MR) is 96.4 cm³/mol. The Balaban J connectivity index is 1.67. The molecule has 0 aliphatic carbocycles. The standard InChI is InChI=1S/C19H24N4O2/c1-15-9-10-17(21-20-15)22-11-6-12-23(14-13-22)19(24)18(25-2)16-7-4-3-5-8-16/h3-5,7-10,18H,6,11-14H2,1-2H3. The fraction of sp³-hybridized carbons (Fsp3) is 0.421. The van der Waals surface area contributed by atoms with Gasteiger partial charge in [-0.2, -0.15) is 5.10 Å². The number of hydrogen-bond acceptors (Lipinski definition) is 5. The van der Waals surface area contributed by atoms with E-state index in [-0.39, 0.29) is 5.91 Å². The lowest BCUT2D eigenvalue weighted by atomic mass is 10.1. The number of carbonyl (C=O) groups excluding carboxylic acids is 1. The Morgan fingerprint density at radius 1 is 1.04 bits per heavy atom. The molecule has 1 atom stereocenters. The van der Waals surface area contributed by atoms with Gasteiger partial charge in [0.25, 0.3) is 5.91 Å². The molecule has 1 aliphatic rings. The molecule has 0 N–H and O–H groups in total. The third-order valence-corrected chi connectivity index (χ3v) is 4.48. The first kappa shape index (κ1) is 17.4. The van der Waals surface area contributed by atoms with Gasteiger partial charge in [0.2, 0.25) is 0 Å². The number of hydrogen-bond donors (Lipinski definition) is 0. The van der Waals surface area contributed by atoms with Crippen LogP contribution in [0.4, 0.5) is 5.82 Å². The zero-order valence-electron chi connectivity index (χ0n) is 14.8. The number of rotatable bonds is 4. The Kier molecular flexibility index (Phi) is 5.60. The van der Waals surface area contributed by atoms with Crippen molar-refractivity contribution in [3.63, 3.8) is 0 Å². The maximum Gasteiger partial charge on any atom is 0.256 e. The molecule has 6 nitrogen and oxygen atoms in total. The molecule has 1 saturated heterocycles. The molecular formula is C19H24N4O2. The molecule has 1 aromatic heterocycles. The second kappa shape index (κ2) is 8.07. The molecule has 0 saturated carbocycles. The molecule has 132 valence electrons. The van der Waals surface area contributed by atoms with Crippen molar-refractivity contribution in [3.8, 4) is 0 Å². The Morgan fingerprint density at radius 3 is 2.52 bits per heavy atom. The summed E-state index contributed by atoms with van der Waals surface area (Å²) in [4.78, 5) is 17.0. The van der Waals surface area contributed by atoms with Crippen molar-refractivity contribution in [2.75, 3.05) is 38.2 Å². The van der Waals surface area contributed by atoms with Crippen molar-refractivity contribution in [2.24, 2.45) is 0 Å². The zero-order chi connectivity index (χ0) is 17.6. The number of aromatic nitrogens is 2. The molecule has 1 aromatic carbocycles. The molecule has 3 rings (SSSR count). The van der Waals surface area contributed by atoms with Gasteiger partial charge in [0.15, 0.2) is 11.9 Å². The first-order chi connectivity index (χ1) is 12.2. The minimum absolute atomic E-state index is 0.0190. The molecule has 6 heteroatoms. The Bertz CT molecular complexity index is 690. The van der Waals surface area contributed by atoms with Crippen LogP contribution >= 0.6 is 0 Å². The predicted octanol–water partition coefficient (Wildman–Crippen LogP) is 2.21. The van der Waals surface area contributed by atoms with E-state index in [9.17, 15) is 4.79 Å². The summed E-state index contributed by atoms with van der Waals surface area (Å²) in [5.41, 5.74) is 1.79. The van der Waals surface area contributed by atoms with Gasteiger partial charge in [-0.3, -0.25) is 4.79 Å². The summed E-state index contributed by atoms with van der Waals surface area (Å²) < 4.78 is 5.49. The van der Waals surface area contributed by atoms with Crippen LogP contribution in [0, 0.1) is 6.92 Å². The molecule has 0 radical (unpaired) electrons. The molecule has 1 amide bonds. The van der Waals surface area contributed by atoms with Gasteiger partial charge >= 0.3 is 0 Å². The van der Waals surface area contributed by atoms with E-state index < -0.39 is 6.10 Å². The first-order valence-corrected chi connectivity index (χ1v) is 8.61. The maximum atomic E-state index is 12.9. The van der Waals surface area contributed by atoms with Crippen LogP contribution < -0.4 is 4.90 Å². The van der Waals surface area contributed by atoms with Crippen LogP contribution in [0.3, 0.4) is 0 Å². The number of carbonyl (C=O) groups is 1. The van der Waals surface area contributed by atoms with E-state index in [2.05, 4.69) is 15.1 Å². The topological polar surface area (TPSA) is 58.6 Å². The number of amides is 1. The van der Waals surface area contributed by atoms with Crippen molar-refractivity contribution in [1.82, 2.24) is 15.1 Å². The number of aryl methyl sites for hydroxylation is 1. The summed E-state index contributed by atoms with van der Waals surface area (Å²) in [6.45, 7) is 4.91. The Hall–Kier alpha value is -2.47. The van der Waals surface area contributed by atoms with Crippen molar-refractivity contribution in [2.45, 2.75) is 19.4 Å². The third-order valence-electron chi connectivity index (χ3n) is 4.48. The summed E-state index contributed by atoms with van der Waals surface area (Å²) in [5.74, 6) is 0.886. The van der Waals surface area contributed by atoms with Gasteiger partial charge in [-0.25, -0.2) is 0 Å². The van der Waals surface area contributed by atoms with Gasteiger partial charge in [-0.05, 0) is 31.0 Å². The number of anilines is 1. The largest absolute Gasteiger partial charge is 0.367 e. The minimum atomic E-state index is -0.549. The summed E-state index contributed by atoms with van der Waals surface area (Å²) in [5, 5.41) is 8.39. The molecule has 1 unspecified atom stereocenters. The quantitative estimate of drug-likeness (QED) is 0.854. The monoisotopic (exact) mass is 340 g/mol. The Labute approximate surface area is 148 Å². The summed E-state index contributed by atoms with van der Waals surface area (Å²) in [6.07, 6.45) is 0.346. The van der Waals surface area contributed by atoms with Crippen LogP contribution in [-0.2, 0) is 9.53 Å². The maximum absolute atomic E-state index is 12.9. The van der Waals surface area contributed by atoms with Gasteiger partial charge < -0.3 is 14.5 Å². The molecule has 25 heavy (non-hydrogen) atoms. The van der Waals surface area contributed by atoms with Crippen LogP contribution in [0.25, 0.3) is 0 Å². The fourth-order valence-corrected chi connectivity index (χ4v) is 3.10. The number of benzene rings is 1. The van der Waals surface area contributed by atoms with E-state index in [4.69, 9.17) is 4.74 Å². The second-order valence-electron chi connectivity index (χ2n) is 6.23. The van der Waals surface area contributed by atoms with Crippen molar-refractivity contribution >= 4 is 11.7 Å². The molecule has 2 heterocycles. The third kappa shape index (κ3) is 4.14. The fourth-order valence-electron chi connectivity index (χ4n) is 3.10. The molecule has 1 fully saturated rings. The average molecular weight is 340 g/mol. The normalized spacial score (nSPS) is 16.4. The molecule has 1 aliphatic heterocycles. The molecule has 2 aromatic rings. The summed E-state index contributed by atoms with van der Waals surface area (Å²) in [6, 6.07) is 13.6. The van der Waals surface area contributed by atoms with E-state index in [1.54, 1.807) is 7.11 Å². The Morgan fingerprint density at radius 2 is 1.84 bits per heavy atom. The zero-order valence-corrected chi connectivity index (χ0v) is 14.8. The highest BCUT2D eigenvalue weighted by molar-refractivity contribution is 5.82. The number of methoxy groups -OCH3 is 1. The van der Waals surface area contributed by atoms with Crippen LogP contribution in [-0.4, -0.2) is 54.3 Å². The smallest absolute Gasteiger partial charge is 0.256 e. The van der Waals surface area contributed by atoms with Crippen LogP contribution in [0.15, 0.2) is 42.5 Å². The van der Waals surface area contributed by atoms with E-state index in [1.165, 1.54) is 0 Å². The lowest BCUT2D eigenvalue weighted by molar-refractivity contribution is -0.142. The van der Waals surface area contributed by atoms with E-state index in [0.29, 0.717) is 6.54 Å². The highest BCUT2D eigenvalue weighted by atomic mass is 16.5. The number of nitrogens with zero attached hydrogens (tertiary/aromatic N) is 4. The minimum Gasteiger partial charge on any atom is -0.367 e. The van der Waals surface area contributed by atoms with Crippen LogP contribution in [0.2, 0.25) is 0 Å². The van der Waals surface area contributed by atoms with Gasteiger partial charge in [-0.1, -0.05) is 30.3 Å². The lowest BCUT2D eigenvalue weighted by Crippen LogP contribution is -2.38. The summed E-state index contributed by atoms with van der Waals surface area (Å²) >= 11 is 0. The van der Waals surface area contributed by atoms with Crippen molar-refractivity contribution in [1.29, 1.82) is 0 Å². The van der Waals surface area contributed by atoms with Crippen LogP contribution in [0.1, 0.15) is 23.8 Å². The van der Waals surface area contributed by atoms with E-state index >= 15 is 0 Å². The molecular weight excluding hydrogens is 316 g/mol. The first-order valence-electron chi connectivity index (χ1n) is 8.61. The number of ether oxygens (including phenoxy) is 1. The van der Waals surface area contributed by atoms with Gasteiger partial charge in [0.1, 0.15) is 0 Å². The lowest BCUT2D eigenvalue weighted by Gasteiger charge is -2.26. The molecule has 0 bridgehead atoms. The molecule has 0 spiro atoms. The van der Waals surface area contributed by atoms with Crippen molar-refractivity contribution < 1.29 is 9.53 Å². The van der Waals surface area contributed by atoms with E-state index in [0.717, 1.165) is 43.1 Å². The van der Waals surface area contributed by atoms with Crippen LogP contribution in [0.5, 0.6) is 0 Å². The van der Waals surface area contributed by atoms with Crippen molar-refractivity contribution in [3.05, 3.63) is 53.7 Å². The van der Waals surface area contributed by atoms with Gasteiger partial charge in [0.05, 0.1) is 5.69 Å². The highest BCUT2D eigenvalue weighted by Gasteiger charge is 2.27. The summed E-state index contributed by atoms with van der Waals surface area (Å²) in [7, 11) is 1.58.